The lowest BCUT2D eigenvalue weighted by atomic mass is 10.1. The molecule has 0 saturated carbocycles. The molecule has 3 N–H and O–H groups in total. The average Bonchev–Trinajstić information content (AvgIpc) is 3.40. The third-order valence-corrected chi connectivity index (χ3v) is 5.73. The van der Waals surface area contributed by atoms with Crippen LogP contribution in [0.1, 0.15) is 17.0 Å². The predicted molar refractivity (Wildman–Crippen MR) is 116 cm³/mol. The number of aromatic nitrogens is 6. The highest BCUT2D eigenvalue weighted by Crippen LogP contribution is 2.23. The molecule has 0 fully saturated rings. The summed E-state index contributed by atoms with van der Waals surface area (Å²) in [4.78, 5) is 26.7. The molecular formula is C20H18N8OS. The molecule has 150 valence electrons. The fraction of sp³-hybridized carbons (Fsp3) is 0.150. The first kappa shape index (κ1) is 18.3. The number of hydrogen-bond donors (Lipinski definition) is 2. The maximum Gasteiger partial charge on any atom is 0.254 e. The van der Waals surface area contributed by atoms with Crippen LogP contribution in [0.25, 0.3) is 22.0 Å². The van der Waals surface area contributed by atoms with E-state index in [1.165, 1.54) is 0 Å². The number of imidazole rings is 1. The number of nitrogen functional groups attached to an aromatic ring is 1. The van der Waals surface area contributed by atoms with Gasteiger partial charge in [-0.3, -0.25) is 9.20 Å². The number of anilines is 2. The van der Waals surface area contributed by atoms with Gasteiger partial charge in [0.05, 0.1) is 12.1 Å². The van der Waals surface area contributed by atoms with Gasteiger partial charge in [-0.2, -0.15) is 9.50 Å². The summed E-state index contributed by atoms with van der Waals surface area (Å²) >= 11 is 1.59. The Hall–Kier alpha value is -3.79. The molecule has 0 aliphatic carbocycles. The van der Waals surface area contributed by atoms with Crippen molar-refractivity contribution in [2.45, 2.75) is 20.3 Å². The number of fused-ring (bicyclic) bond motifs is 2. The van der Waals surface area contributed by atoms with Crippen LogP contribution in [0, 0.1) is 13.8 Å². The summed E-state index contributed by atoms with van der Waals surface area (Å²) in [7, 11) is 0. The van der Waals surface area contributed by atoms with Gasteiger partial charge in [0.25, 0.3) is 5.78 Å². The van der Waals surface area contributed by atoms with Gasteiger partial charge in [-0.25, -0.2) is 9.97 Å². The van der Waals surface area contributed by atoms with Crippen molar-refractivity contribution in [3.8, 4) is 11.3 Å². The average molecular weight is 418 g/mol. The van der Waals surface area contributed by atoms with Crippen LogP contribution in [0.4, 0.5) is 11.6 Å². The summed E-state index contributed by atoms with van der Waals surface area (Å²) in [6, 6.07) is 7.65. The molecule has 0 radical (unpaired) electrons. The van der Waals surface area contributed by atoms with Gasteiger partial charge in [-0.15, -0.1) is 16.4 Å². The molecule has 0 aliphatic heterocycles. The first-order valence-corrected chi connectivity index (χ1v) is 10.2. The smallest absolute Gasteiger partial charge is 0.254 e. The number of nitrogens with zero attached hydrogens (tertiary/aromatic N) is 6. The number of amides is 1. The zero-order valence-electron chi connectivity index (χ0n) is 16.3. The molecule has 4 aromatic heterocycles. The second kappa shape index (κ2) is 6.92. The van der Waals surface area contributed by atoms with E-state index in [9.17, 15) is 4.79 Å². The summed E-state index contributed by atoms with van der Waals surface area (Å²) in [5, 5.41) is 9.08. The van der Waals surface area contributed by atoms with Crippen molar-refractivity contribution < 1.29 is 4.79 Å². The van der Waals surface area contributed by atoms with Crippen LogP contribution in [-0.4, -0.2) is 34.9 Å². The topological polar surface area (TPSA) is 115 Å². The molecule has 0 atom stereocenters. The van der Waals surface area contributed by atoms with Crippen LogP contribution < -0.4 is 11.1 Å². The van der Waals surface area contributed by atoms with E-state index in [0.29, 0.717) is 5.78 Å². The molecule has 0 unspecified atom stereocenters. The van der Waals surface area contributed by atoms with Crippen molar-refractivity contribution in [1.29, 1.82) is 0 Å². The van der Waals surface area contributed by atoms with Crippen LogP contribution in [0.5, 0.6) is 0 Å². The van der Waals surface area contributed by atoms with E-state index in [4.69, 9.17) is 5.73 Å². The van der Waals surface area contributed by atoms with Crippen LogP contribution in [0.3, 0.4) is 0 Å². The number of aryl methyl sites for hydroxylation is 2. The van der Waals surface area contributed by atoms with Gasteiger partial charge in [-0.05, 0) is 26.0 Å². The number of carbonyl (C=O) groups excluding carboxylic acids is 1. The third-order valence-electron chi connectivity index (χ3n) is 4.96. The van der Waals surface area contributed by atoms with E-state index >= 15 is 0 Å². The minimum Gasteiger partial charge on any atom is -0.366 e. The minimum absolute atomic E-state index is 0.134. The summed E-state index contributed by atoms with van der Waals surface area (Å²) in [6.07, 6.45) is 4.15. The molecule has 0 saturated heterocycles. The summed E-state index contributed by atoms with van der Waals surface area (Å²) < 4.78 is 3.56. The Bertz CT molecular complexity index is 1370. The normalized spacial score (nSPS) is 11.4. The van der Waals surface area contributed by atoms with Crippen LogP contribution in [0.15, 0.2) is 42.0 Å². The molecule has 0 spiro atoms. The molecule has 10 heteroatoms. The highest BCUT2D eigenvalue weighted by molar-refractivity contribution is 7.15. The largest absolute Gasteiger partial charge is 0.366 e. The lowest BCUT2D eigenvalue weighted by Crippen LogP contribution is -2.17. The second-order valence-corrected chi connectivity index (χ2v) is 7.84. The SMILES string of the molecule is Cc1nc2nc(N)nn2c(C)c1CC(=O)Nc1ccc(-c2cn3ccsc3n2)cc1. The van der Waals surface area contributed by atoms with Crippen molar-refractivity contribution >= 4 is 39.6 Å². The predicted octanol–water partition coefficient (Wildman–Crippen LogP) is 2.88. The molecule has 0 bridgehead atoms. The highest BCUT2D eigenvalue weighted by Gasteiger charge is 2.16. The molecule has 30 heavy (non-hydrogen) atoms. The Balaban J connectivity index is 1.33. The second-order valence-electron chi connectivity index (χ2n) is 6.96. The Morgan fingerprint density at radius 3 is 2.73 bits per heavy atom. The standard InChI is InChI=1S/C20H18N8OS/c1-11-15(12(2)28-19(22-11)25-18(21)26-28)9-17(29)23-14-5-3-13(4-6-14)16-10-27-7-8-30-20(27)24-16/h3-8,10H,9H2,1-2H3,(H2,21,26)(H,23,29). The van der Waals surface area contributed by atoms with Gasteiger partial charge in [0.2, 0.25) is 11.9 Å². The summed E-state index contributed by atoms with van der Waals surface area (Å²) in [5.41, 5.74) is 10.6. The number of rotatable bonds is 4. The maximum atomic E-state index is 12.6. The lowest BCUT2D eigenvalue weighted by molar-refractivity contribution is -0.115. The molecule has 0 aliphatic rings. The maximum absolute atomic E-state index is 12.6. The van der Waals surface area contributed by atoms with Gasteiger partial charge in [0, 0.05) is 46.0 Å². The van der Waals surface area contributed by atoms with Crippen LogP contribution >= 0.6 is 11.3 Å². The van der Waals surface area contributed by atoms with E-state index in [0.717, 1.165) is 38.9 Å². The Labute approximate surface area is 175 Å². The third kappa shape index (κ3) is 3.16. The van der Waals surface area contributed by atoms with Crippen molar-refractivity contribution in [1.82, 2.24) is 29.0 Å². The number of carbonyl (C=O) groups is 1. The number of nitrogens with one attached hydrogen (secondary N) is 1. The Kier molecular flexibility index (Phi) is 4.21. The zero-order valence-corrected chi connectivity index (χ0v) is 17.1. The molecule has 1 amide bonds. The van der Waals surface area contributed by atoms with E-state index in [2.05, 4.69) is 25.4 Å². The lowest BCUT2D eigenvalue weighted by Gasteiger charge is -2.11. The van der Waals surface area contributed by atoms with Crippen molar-refractivity contribution in [2.75, 3.05) is 11.1 Å². The molecule has 4 heterocycles. The van der Waals surface area contributed by atoms with Crippen molar-refractivity contribution in [3.63, 3.8) is 0 Å². The van der Waals surface area contributed by atoms with Crippen LogP contribution in [0.2, 0.25) is 0 Å². The zero-order chi connectivity index (χ0) is 20.8. The molecular weight excluding hydrogens is 400 g/mol. The first-order valence-electron chi connectivity index (χ1n) is 9.29. The van der Waals surface area contributed by atoms with Gasteiger partial charge in [0.15, 0.2) is 4.96 Å². The summed E-state index contributed by atoms with van der Waals surface area (Å²) in [5.74, 6) is 0.455. The van der Waals surface area contributed by atoms with Gasteiger partial charge in [-0.1, -0.05) is 12.1 Å². The first-order chi connectivity index (χ1) is 14.5. The molecule has 9 nitrogen and oxygen atoms in total. The van der Waals surface area contributed by atoms with Crippen LogP contribution in [-0.2, 0) is 11.2 Å². The van der Waals surface area contributed by atoms with Crippen molar-refractivity contribution in [2.24, 2.45) is 0 Å². The number of nitrogens with two attached hydrogens (primary N) is 1. The Morgan fingerprint density at radius 2 is 1.97 bits per heavy atom. The van der Waals surface area contributed by atoms with E-state index in [-0.39, 0.29) is 18.3 Å². The number of benzene rings is 1. The Morgan fingerprint density at radius 1 is 1.17 bits per heavy atom. The minimum atomic E-state index is -0.134. The monoisotopic (exact) mass is 418 g/mol. The van der Waals surface area contributed by atoms with E-state index in [1.807, 2.05) is 60.3 Å². The van der Waals surface area contributed by atoms with E-state index in [1.54, 1.807) is 15.9 Å². The van der Waals surface area contributed by atoms with E-state index < -0.39 is 0 Å². The quantitative estimate of drug-likeness (QED) is 0.464. The molecule has 5 rings (SSSR count). The fourth-order valence-electron chi connectivity index (χ4n) is 3.44. The van der Waals surface area contributed by atoms with Gasteiger partial charge in [0.1, 0.15) is 0 Å². The number of thiazole rings is 1. The van der Waals surface area contributed by atoms with Gasteiger partial charge < -0.3 is 11.1 Å². The number of hydrogen-bond acceptors (Lipinski definition) is 7. The molecule has 5 aromatic rings. The van der Waals surface area contributed by atoms with Crippen molar-refractivity contribution in [3.05, 3.63) is 59.0 Å². The fourth-order valence-corrected chi connectivity index (χ4v) is 4.14. The summed E-state index contributed by atoms with van der Waals surface area (Å²) in [6.45, 7) is 3.73. The highest BCUT2D eigenvalue weighted by atomic mass is 32.1. The van der Waals surface area contributed by atoms with Gasteiger partial charge >= 0.3 is 0 Å². The molecule has 1 aromatic carbocycles.